The SMILES string of the molecule is CCOc1ccc(/C(O)=C2\C(=O)C(=O)N(c3nnc(SCc4ccccc4)s3)C2c2ccc(OCC)c(OCC)c2)cc1. The quantitative estimate of drug-likeness (QED) is 0.0614. The van der Waals surface area contributed by atoms with E-state index in [9.17, 15) is 14.7 Å². The second kappa shape index (κ2) is 13.7. The van der Waals surface area contributed by atoms with Crippen LogP contribution in [0, 0.1) is 0 Å². The average Bonchev–Trinajstić information content (AvgIpc) is 3.59. The number of aromatic nitrogens is 2. The number of benzene rings is 3. The number of aliphatic hydroxyl groups is 1. The molecule has 1 atom stereocenters. The molecule has 3 aromatic carbocycles. The second-order valence-corrected chi connectivity index (χ2v) is 11.5. The number of carbonyl (C=O) groups excluding carboxylic acids is 2. The highest BCUT2D eigenvalue weighted by Gasteiger charge is 2.48. The zero-order valence-corrected chi connectivity index (χ0v) is 25.6. The molecule has 1 aromatic heterocycles. The molecule has 1 N–H and O–H groups in total. The number of amides is 1. The molecule has 1 aliphatic heterocycles. The Balaban J connectivity index is 1.58. The summed E-state index contributed by atoms with van der Waals surface area (Å²) >= 11 is 2.70. The smallest absolute Gasteiger partial charge is 0.301 e. The molecule has 1 amide bonds. The van der Waals surface area contributed by atoms with E-state index in [0.29, 0.717) is 58.3 Å². The van der Waals surface area contributed by atoms with E-state index in [2.05, 4.69) is 10.2 Å². The molecule has 222 valence electrons. The van der Waals surface area contributed by atoms with Crippen molar-refractivity contribution in [2.75, 3.05) is 24.7 Å². The average molecular weight is 618 g/mol. The van der Waals surface area contributed by atoms with Gasteiger partial charge in [-0.15, -0.1) is 10.2 Å². The summed E-state index contributed by atoms with van der Waals surface area (Å²) in [6.07, 6.45) is 0. The summed E-state index contributed by atoms with van der Waals surface area (Å²) in [5, 5.41) is 20.3. The van der Waals surface area contributed by atoms with Crippen molar-refractivity contribution in [2.45, 2.75) is 36.9 Å². The Hall–Kier alpha value is -4.35. The van der Waals surface area contributed by atoms with Crippen LogP contribution < -0.4 is 19.1 Å². The van der Waals surface area contributed by atoms with Gasteiger partial charge in [0.05, 0.1) is 31.4 Å². The van der Waals surface area contributed by atoms with Crippen molar-refractivity contribution in [3.05, 3.63) is 95.1 Å². The van der Waals surface area contributed by atoms with Crippen LogP contribution in [0.25, 0.3) is 5.76 Å². The van der Waals surface area contributed by atoms with Gasteiger partial charge >= 0.3 is 5.91 Å². The van der Waals surface area contributed by atoms with Crippen molar-refractivity contribution in [2.24, 2.45) is 0 Å². The largest absolute Gasteiger partial charge is 0.507 e. The Bertz CT molecular complexity index is 1620. The van der Waals surface area contributed by atoms with Crippen LogP contribution in [0.4, 0.5) is 5.13 Å². The van der Waals surface area contributed by atoms with Gasteiger partial charge in [-0.05, 0) is 68.3 Å². The predicted molar refractivity (Wildman–Crippen MR) is 167 cm³/mol. The number of ketones is 1. The molecule has 1 saturated heterocycles. The summed E-state index contributed by atoms with van der Waals surface area (Å²) in [4.78, 5) is 28.6. The van der Waals surface area contributed by atoms with Crippen LogP contribution in [0.5, 0.6) is 17.2 Å². The van der Waals surface area contributed by atoms with Crippen LogP contribution in [-0.2, 0) is 15.3 Å². The zero-order valence-electron chi connectivity index (χ0n) is 24.0. The third kappa shape index (κ3) is 6.52. The summed E-state index contributed by atoms with van der Waals surface area (Å²) in [6.45, 7) is 6.91. The Morgan fingerprint density at radius 2 is 1.58 bits per heavy atom. The fraction of sp³-hybridized carbons (Fsp3) is 0.250. The Morgan fingerprint density at radius 3 is 2.28 bits per heavy atom. The molecule has 0 spiro atoms. The van der Waals surface area contributed by atoms with Crippen molar-refractivity contribution >= 4 is 45.7 Å². The number of nitrogens with zero attached hydrogens (tertiary/aromatic N) is 3. The van der Waals surface area contributed by atoms with E-state index in [1.54, 1.807) is 42.5 Å². The number of ether oxygens (including phenoxy) is 3. The highest BCUT2D eigenvalue weighted by molar-refractivity contribution is 8.00. The first kappa shape index (κ1) is 30.1. The maximum absolute atomic E-state index is 13.6. The molecule has 43 heavy (non-hydrogen) atoms. The lowest BCUT2D eigenvalue weighted by Gasteiger charge is -2.23. The fourth-order valence-corrected chi connectivity index (χ4v) is 6.52. The van der Waals surface area contributed by atoms with E-state index in [4.69, 9.17) is 14.2 Å². The first-order valence-corrected chi connectivity index (χ1v) is 15.7. The van der Waals surface area contributed by atoms with E-state index >= 15 is 0 Å². The molecule has 2 heterocycles. The van der Waals surface area contributed by atoms with Crippen LogP contribution >= 0.6 is 23.1 Å². The number of aliphatic hydroxyl groups excluding tert-OH is 1. The standard InChI is InChI=1S/C32H31N3O6S2/c1-4-39-23-15-12-21(13-16-23)28(36)26-27(22-14-17-24(40-5-2)25(18-22)41-6-3)35(30(38)29(26)37)31-33-34-32(43-31)42-19-20-10-8-7-9-11-20/h7-18,27,36H,4-6,19H2,1-3H3/b28-26+. The van der Waals surface area contributed by atoms with E-state index in [-0.39, 0.29) is 16.5 Å². The van der Waals surface area contributed by atoms with Gasteiger partial charge in [-0.3, -0.25) is 14.5 Å². The van der Waals surface area contributed by atoms with Crippen LogP contribution in [0.3, 0.4) is 0 Å². The number of Topliss-reactive ketones (excluding diaryl/α,β-unsaturated/α-hetero) is 1. The number of carbonyl (C=O) groups is 2. The number of hydrogen-bond acceptors (Lipinski definition) is 10. The Morgan fingerprint density at radius 1 is 0.884 bits per heavy atom. The van der Waals surface area contributed by atoms with Gasteiger partial charge in [0.15, 0.2) is 15.8 Å². The minimum Gasteiger partial charge on any atom is -0.507 e. The van der Waals surface area contributed by atoms with E-state index in [1.807, 2.05) is 51.1 Å². The van der Waals surface area contributed by atoms with Gasteiger partial charge in [0.25, 0.3) is 5.78 Å². The molecule has 0 aliphatic carbocycles. The van der Waals surface area contributed by atoms with Gasteiger partial charge in [-0.1, -0.05) is 59.5 Å². The summed E-state index contributed by atoms with van der Waals surface area (Å²) in [5.74, 6) is 0.364. The van der Waals surface area contributed by atoms with Gasteiger partial charge in [-0.2, -0.15) is 0 Å². The zero-order chi connectivity index (χ0) is 30.3. The van der Waals surface area contributed by atoms with Gasteiger partial charge in [-0.25, -0.2) is 0 Å². The monoisotopic (exact) mass is 617 g/mol. The minimum absolute atomic E-state index is 0.0607. The Kier molecular flexibility index (Phi) is 9.63. The van der Waals surface area contributed by atoms with Crippen LogP contribution in [0.1, 0.15) is 43.5 Å². The second-order valence-electron chi connectivity index (χ2n) is 9.32. The maximum Gasteiger partial charge on any atom is 0.301 e. The van der Waals surface area contributed by atoms with Gasteiger partial charge in [0, 0.05) is 11.3 Å². The lowest BCUT2D eigenvalue weighted by molar-refractivity contribution is -0.132. The maximum atomic E-state index is 13.6. The van der Waals surface area contributed by atoms with E-state index < -0.39 is 17.7 Å². The number of thioether (sulfide) groups is 1. The third-order valence-corrected chi connectivity index (χ3v) is 8.70. The Labute approximate surface area is 258 Å². The lowest BCUT2D eigenvalue weighted by atomic mass is 9.95. The fourth-order valence-electron chi connectivity index (χ4n) is 4.69. The first-order chi connectivity index (χ1) is 20.9. The first-order valence-electron chi connectivity index (χ1n) is 13.9. The van der Waals surface area contributed by atoms with Crippen molar-refractivity contribution < 1.29 is 28.9 Å². The van der Waals surface area contributed by atoms with E-state index in [1.165, 1.54) is 28.0 Å². The van der Waals surface area contributed by atoms with Crippen LogP contribution in [-0.4, -0.2) is 46.8 Å². The highest BCUT2D eigenvalue weighted by atomic mass is 32.2. The highest BCUT2D eigenvalue weighted by Crippen LogP contribution is 2.45. The molecule has 1 fully saturated rings. The lowest BCUT2D eigenvalue weighted by Crippen LogP contribution is -2.29. The molecular weight excluding hydrogens is 587 g/mol. The molecule has 0 saturated carbocycles. The number of rotatable bonds is 12. The van der Waals surface area contributed by atoms with E-state index in [0.717, 1.165) is 5.56 Å². The molecular formula is C32H31N3O6S2. The molecule has 0 radical (unpaired) electrons. The molecule has 1 aliphatic rings. The van der Waals surface area contributed by atoms with Gasteiger partial charge in [0.1, 0.15) is 11.5 Å². The molecule has 0 bridgehead atoms. The molecule has 1 unspecified atom stereocenters. The van der Waals surface area contributed by atoms with Crippen molar-refractivity contribution in [1.29, 1.82) is 0 Å². The third-order valence-electron chi connectivity index (χ3n) is 6.57. The number of hydrogen-bond donors (Lipinski definition) is 1. The summed E-state index contributed by atoms with van der Waals surface area (Å²) in [5.41, 5.74) is 1.98. The predicted octanol–water partition coefficient (Wildman–Crippen LogP) is 6.65. The van der Waals surface area contributed by atoms with Gasteiger partial charge in [0.2, 0.25) is 5.13 Å². The minimum atomic E-state index is -0.985. The van der Waals surface area contributed by atoms with Crippen LogP contribution in [0.2, 0.25) is 0 Å². The summed E-state index contributed by atoms with van der Waals surface area (Å²) in [7, 11) is 0. The topological polar surface area (TPSA) is 111 Å². The molecule has 9 nitrogen and oxygen atoms in total. The van der Waals surface area contributed by atoms with Crippen LogP contribution in [0.15, 0.2) is 82.7 Å². The molecule has 11 heteroatoms. The van der Waals surface area contributed by atoms with Crippen molar-refractivity contribution in [3.63, 3.8) is 0 Å². The van der Waals surface area contributed by atoms with Crippen molar-refractivity contribution in [3.8, 4) is 17.2 Å². The van der Waals surface area contributed by atoms with Gasteiger partial charge < -0.3 is 19.3 Å². The van der Waals surface area contributed by atoms with Crippen molar-refractivity contribution in [1.82, 2.24) is 10.2 Å². The number of anilines is 1. The molecule has 4 aromatic rings. The summed E-state index contributed by atoms with van der Waals surface area (Å²) in [6, 6.07) is 20.9. The molecule has 5 rings (SSSR count). The normalized spacial score (nSPS) is 16.0. The summed E-state index contributed by atoms with van der Waals surface area (Å²) < 4.78 is 17.7.